The van der Waals surface area contributed by atoms with Gasteiger partial charge in [0.05, 0.1) is 6.54 Å². The molecule has 0 aliphatic rings. The molecule has 0 spiro atoms. The maximum Gasteiger partial charge on any atom is 0.246 e. The van der Waals surface area contributed by atoms with E-state index in [1.165, 1.54) is 5.56 Å². The second kappa shape index (κ2) is 10.3. The Bertz CT molecular complexity index is 881. The highest BCUT2D eigenvalue weighted by Crippen LogP contribution is 2.12. The van der Waals surface area contributed by atoms with Crippen molar-refractivity contribution in [1.82, 2.24) is 9.47 Å². The lowest BCUT2D eigenvalue weighted by Gasteiger charge is -2.22. The van der Waals surface area contributed by atoms with Crippen LogP contribution in [0.5, 0.6) is 0 Å². The van der Waals surface area contributed by atoms with Crippen molar-refractivity contribution >= 4 is 12.0 Å². The lowest BCUT2D eigenvalue weighted by molar-refractivity contribution is -0.126. The molecular weight excluding hydrogens is 344 g/mol. The van der Waals surface area contributed by atoms with Crippen molar-refractivity contribution in [1.29, 1.82) is 0 Å². The van der Waals surface area contributed by atoms with Crippen LogP contribution in [0.25, 0.3) is 6.08 Å². The molecule has 1 amide bonds. The number of aromatic nitrogens is 1. The van der Waals surface area contributed by atoms with E-state index in [4.69, 9.17) is 0 Å². The van der Waals surface area contributed by atoms with Crippen LogP contribution in [-0.2, 0) is 17.9 Å². The van der Waals surface area contributed by atoms with Crippen molar-refractivity contribution in [2.24, 2.45) is 0 Å². The van der Waals surface area contributed by atoms with Crippen LogP contribution in [0.4, 0.5) is 0 Å². The summed E-state index contributed by atoms with van der Waals surface area (Å²) in [5.41, 5.74) is 3.45. The molecule has 0 N–H and O–H groups in total. The fourth-order valence-corrected chi connectivity index (χ4v) is 3.18. The van der Waals surface area contributed by atoms with Gasteiger partial charge >= 0.3 is 0 Å². The molecule has 1 heterocycles. The Kier molecular flexibility index (Phi) is 7.25. The summed E-state index contributed by atoms with van der Waals surface area (Å²) in [6.07, 6.45) is 7.74. The SMILES string of the molecule is CCCCN(Cc1cccn1Cc1ccccc1)C(=O)/C=C/c1ccccc1. The van der Waals surface area contributed by atoms with Gasteiger partial charge in [-0.3, -0.25) is 4.79 Å². The largest absolute Gasteiger partial charge is 0.345 e. The van der Waals surface area contributed by atoms with Gasteiger partial charge in [0, 0.05) is 31.1 Å². The van der Waals surface area contributed by atoms with Gasteiger partial charge in [-0.1, -0.05) is 74.0 Å². The van der Waals surface area contributed by atoms with Crippen LogP contribution in [0.2, 0.25) is 0 Å². The molecule has 0 atom stereocenters. The zero-order valence-electron chi connectivity index (χ0n) is 16.5. The predicted octanol–water partition coefficient (Wildman–Crippen LogP) is 5.38. The summed E-state index contributed by atoms with van der Waals surface area (Å²) >= 11 is 0. The fraction of sp³-hybridized carbons (Fsp3) is 0.240. The zero-order valence-corrected chi connectivity index (χ0v) is 16.5. The molecule has 0 saturated heterocycles. The van der Waals surface area contributed by atoms with Gasteiger partial charge in [-0.2, -0.15) is 0 Å². The van der Waals surface area contributed by atoms with E-state index in [9.17, 15) is 4.79 Å². The Morgan fingerprint density at radius 3 is 2.39 bits per heavy atom. The lowest BCUT2D eigenvalue weighted by Crippen LogP contribution is -2.31. The number of unbranched alkanes of at least 4 members (excludes halogenated alkanes) is 1. The molecule has 0 radical (unpaired) electrons. The van der Waals surface area contributed by atoms with E-state index in [-0.39, 0.29) is 5.91 Å². The third-order valence-electron chi connectivity index (χ3n) is 4.78. The number of amides is 1. The van der Waals surface area contributed by atoms with E-state index in [0.717, 1.165) is 37.2 Å². The summed E-state index contributed by atoms with van der Waals surface area (Å²) in [7, 11) is 0. The van der Waals surface area contributed by atoms with Gasteiger partial charge in [0.15, 0.2) is 0 Å². The number of nitrogens with zero attached hydrogens (tertiary/aromatic N) is 2. The van der Waals surface area contributed by atoms with Gasteiger partial charge in [-0.15, -0.1) is 0 Å². The van der Waals surface area contributed by atoms with Crippen LogP contribution in [0.3, 0.4) is 0 Å². The molecule has 2 aromatic carbocycles. The summed E-state index contributed by atoms with van der Waals surface area (Å²) in [6, 6.07) is 24.5. The Hall–Kier alpha value is -3.07. The molecule has 3 rings (SSSR count). The highest BCUT2D eigenvalue weighted by atomic mass is 16.2. The fourth-order valence-electron chi connectivity index (χ4n) is 3.18. The second-order valence-corrected chi connectivity index (χ2v) is 6.97. The smallest absolute Gasteiger partial charge is 0.246 e. The monoisotopic (exact) mass is 372 g/mol. The van der Waals surface area contributed by atoms with Gasteiger partial charge in [0.25, 0.3) is 0 Å². The zero-order chi connectivity index (χ0) is 19.6. The van der Waals surface area contributed by atoms with Crippen molar-refractivity contribution < 1.29 is 4.79 Å². The second-order valence-electron chi connectivity index (χ2n) is 6.97. The normalized spacial score (nSPS) is 11.0. The lowest BCUT2D eigenvalue weighted by atomic mass is 10.2. The Labute approximate surface area is 167 Å². The van der Waals surface area contributed by atoms with E-state index in [2.05, 4.69) is 54.1 Å². The average molecular weight is 373 g/mol. The Morgan fingerprint density at radius 1 is 0.964 bits per heavy atom. The Morgan fingerprint density at radius 2 is 1.68 bits per heavy atom. The van der Waals surface area contributed by atoms with Crippen LogP contribution < -0.4 is 0 Å². The van der Waals surface area contributed by atoms with Crippen molar-refractivity contribution in [2.75, 3.05) is 6.54 Å². The minimum Gasteiger partial charge on any atom is -0.345 e. The molecule has 0 aliphatic heterocycles. The van der Waals surface area contributed by atoms with E-state index < -0.39 is 0 Å². The average Bonchev–Trinajstić information content (AvgIpc) is 3.17. The first-order valence-electron chi connectivity index (χ1n) is 9.96. The van der Waals surface area contributed by atoms with Crippen molar-refractivity contribution in [3.05, 3.63) is 102 Å². The molecule has 0 fully saturated rings. The molecule has 3 heteroatoms. The molecular formula is C25H28N2O. The van der Waals surface area contributed by atoms with E-state index in [1.807, 2.05) is 47.4 Å². The molecule has 0 bridgehead atoms. The summed E-state index contributed by atoms with van der Waals surface area (Å²) in [6.45, 7) is 4.36. The standard InChI is InChI=1S/C25H28N2O/c1-2-3-18-27(25(28)17-16-22-11-6-4-7-12-22)21-24-15-10-19-26(24)20-23-13-8-5-9-14-23/h4-17,19H,2-3,18,20-21H2,1H3/b17-16+. The summed E-state index contributed by atoms with van der Waals surface area (Å²) in [4.78, 5) is 14.8. The minimum absolute atomic E-state index is 0.0600. The molecule has 0 saturated carbocycles. The number of hydrogen-bond acceptors (Lipinski definition) is 1. The third kappa shape index (κ3) is 5.71. The molecule has 0 aliphatic carbocycles. The number of benzene rings is 2. The summed E-state index contributed by atoms with van der Waals surface area (Å²) in [5, 5.41) is 0. The van der Waals surface area contributed by atoms with Gasteiger partial charge < -0.3 is 9.47 Å². The molecule has 1 aromatic heterocycles. The van der Waals surface area contributed by atoms with E-state index in [0.29, 0.717) is 6.54 Å². The minimum atomic E-state index is 0.0600. The summed E-state index contributed by atoms with van der Waals surface area (Å²) < 4.78 is 2.22. The van der Waals surface area contributed by atoms with Gasteiger partial charge in [0.1, 0.15) is 0 Å². The van der Waals surface area contributed by atoms with Crippen LogP contribution in [0.1, 0.15) is 36.6 Å². The molecule has 0 unspecified atom stereocenters. The number of carbonyl (C=O) groups is 1. The molecule has 3 aromatic rings. The number of hydrogen-bond donors (Lipinski definition) is 0. The first-order valence-corrected chi connectivity index (χ1v) is 9.96. The highest BCUT2D eigenvalue weighted by Gasteiger charge is 2.13. The van der Waals surface area contributed by atoms with Crippen molar-refractivity contribution in [2.45, 2.75) is 32.9 Å². The van der Waals surface area contributed by atoms with Crippen LogP contribution in [0.15, 0.2) is 85.1 Å². The number of carbonyl (C=O) groups excluding carboxylic acids is 1. The van der Waals surface area contributed by atoms with Crippen LogP contribution in [-0.4, -0.2) is 21.9 Å². The third-order valence-corrected chi connectivity index (χ3v) is 4.78. The van der Waals surface area contributed by atoms with E-state index >= 15 is 0 Å². The van der Waals surface area contributed by atoms with Crippen LogP contribution >= 0.6 is 0 Å². The molecule has 144 valence electrons. The predicted molar refractivity (Wildman–Crippen MR) is 116 cm³/mol. The van der Waals surface area contributed by atoms with E-state index in [1.54, 1.807) is 6.08 Å². The number of rotatable bonds is 9. The maximum absolute atomic E-state index is 12.8. The highest BCUT2D eigenvalue weighted by molar-refractivity contribution is 5.91. The first kappa shape index (κ1) is 19.7. The van der Waals surface area contributed by atoms with Crippen molar-refractivity contribution in [3.63, 3.8) is 0 Å². The van der Waals surface area contributed by atoms with Gasteiger partial charge in [-0.25, -0.2) is 0 Å². The first-order chi connectivity index (χ1) is 13.8. The quantitative estimate of drug-likeness (QED) is 0.463. The molecule has 28 heavy (non-hydrogen) atoms. The van der Waals surface area contributed by atoms with Crippen LogP contribution in [0, 0.1) is 0 Å². The van der Waals surface area contributed by atoms with Crippen molar-refractivity contribution in [3.8, 4) is 0 Å². The van der Waals surface area contributed by atoms with Gasteiger partial charge in [0.2, 0.25) is 5.91 Å². The summed E-state index contributed by atoms with van der Waals surface area (Å²) in [5.74, 6) is 0.0600. The maximum atomic E-state index is 12.8. The topological polar surface area (TPSA) is 25.2 Å². The van der Waals surface area contributed by atoms with Gasteiger partial charge in [-0.05, 0) is 35.8 Å². The molecule has 3 nitrogen and oxygen atoms in total. The Balaban J connectivity index is 1.71.